The van der Waals surface area contributed by atoms with Gasteiger partial charge < -0.3 is 0 Å². The molecule has 0 amide bonds. The number of nitrogens with one attached hydrogen (secondary N) is 2. The van der Waals surface area contributed by atoms with Crippen LogP contribution in [0.15, 0.2) is 0 Å². The molecule has 0 saturated heterocycles. The molecule has 1 atom stereocenters. The Labute approximate surface area is 61.8 Å². The quantitative estimate of drug-likeness (QED) is 0.463. The maximum Gasteiger partial charge on any atom is 0.0640 e. The summed E-state index contributed by atoms with van der Waals surface area (Å²) in [6, 6.07) is 0. The van der Waals surface area contributed by atoms with Crippen molar-refractivity contribution < 1.29 is 0 Å². The third kappa shape index (κ3) is 6.15. The lowest BCUT2D eigenvalue weighted by Crippen LogP contribution is -2.34. The first-order valence-corrected chi connectivity index (χ1v) is 4.18. The van der Waals surface area contributed by atoms with E-state index in [4.69, 9.17) is 0 Å². The van der Waals surface area contributed by atoms with Crippen molar-refractivity contribution in [3.63, 3.8) is 0 Å². The van der Waals surface area contributed by atoms with Gasteiger partial charge in [-0.15, -0.1) is 11.8 Å². The van der Waals surface area contributed by atoms with Crippen LogP contribution in [0.5, 0.6) is 0 Å². The van der Waals surface area contributed by atoms with Crippen LogP contribution in [0.4, 0.5) is 0 Å². The summed E-state index contributed by atoms with van der Waals surface area (Å²) in [5.41, 5.74) is 5.99. The second-order valence-electron chi connectivity index (χ2n) is 2.22. The Morgan fingerprint density at radius 1 is 1.22 bits per heavy atom. The molecule has 0 aromatic heterocycles. The topological polar surface area (TPSA) is 24.1 Å². The summed E-state index contributed by atoms with van der Waals surface area (Å²) in [6.07, 6.45) is 0. The number of thioether (sulfide) groups is 1. The van der Waals surface area contributed by atoms with Crippen molar-refractivity contribution in [2.24, 2.45) is 0 Å². The van der Waals surface area contributed by atoms with E-state index >= 15 is 0 Å². The molecule has 56 valence electrons. The largest absolute Gasteiger partial charge is 0.260 e. The summed E-state index contributed by atoms with van der Waals surface area (Å²) in [7, 11) is 1.89. The van der Waals surface area contributed by atoms with Gasteiger partial charge in [0, 0.05) is 5.25 Å². The van der Waals surface area contributed by atoms with E-state index in [9.17, 15) is 0 Å². The zero-order valence-corrected chi connectivity index (χ0v) is 7.38. The maximum absolute atomic E-state index is 3.09. The number of hydrogen-bond acceptors (Lipinski definition) is 3. The average molecular weight is 148 g/mol. The Kier molecular flexibility index (Phi) is 5.24. The Balaban J connectivity index is 3.15. The van der Waals surface area contributed by atoms with Crippen molar-refractivity contribution in [1.29, 1.82) is 0 Å². The van der Waals surface area contributed by atoms with Crippen molar-refractivity contribution in [3.8, 4) is 0 Å². The smallest absolute Gasteiger partial charge is 0.0640 e. The number of hydrazine groups is 1. The predicted molar refractivity (Wildman–Crippen MR) is 44.4 cm³/mol. The van der Waals surface area contributed by atoms with Crippen LogP contribution in [0.25, 0.3) is 0 Å². The zero-order chi connectivity index (χ0) is 7.28. The molecule has 0 spiro atoms. The van der Waals surface area contributed by atoms with Gasteiger partial charge >= 0.3 is 0 Å². The van der Waals surface area contributed by atoms with E-state index in [1.807, 2.05) is 18.8 Å². The Hall–Kier alpha value is 0.270. The first kappa shape index (κ1) is 9.27. The third-order valence-electron chi connectivity index (χ3n) is 0.824. The highest BCUT2D eigenvalue weighted by Gasteiger charge is 2.01. The third-order valence-corrected chi connectivity index (χ3v) is 1.89. The SMILES string of the molecule is CNNC(C)SC(C)C. The lowest BCUT2D eigenvalue weighted by molar-refractivity contribution is 0.592. The van der Waals surface area contributed by atoms with Crippen LogP contribution in [-0.2, 0) is 0 Å². The summed E-state index contributed by atoms with van der Waals surface area (Å²) in [4.78, 5) is 0. The standard InChI is InChI=1S/C6H16N2S/c1-5(2)9-6(3)8-7-4/h5-8H,1-4H3. The molecule has 0 bridgehead atoms. The van der Waals surface area contributed by atoms with Gasteiger partial charge in [0.25, 0.3) is 0 Å². The molecule has 3 heteroatoms. The minimum Gasteiger partial charge on any atom is -0.260 e. The maximum atomic E-state index is 3.09. The molecule has 0 aliphatic heterocycles. The molecular formula is C6H16N2S. The lowest BCUT2D eigenvalue weighted by atomic mass is 10.6. The molecule has 1 unspecified atom stereocenters. The van der Waals surface area contributed by atoms with Gasteiger partial charge in [0.15, 0.2) is 0 Å². The van der Waals surface area contributed by atoms with Crippen molar-refractivity contribution in [1.82, 2.24) is 10.9 Å². The first-order chi connectivity index (χ1) is 4.16. The fourth-order valence-corrected chi connectivity index (χ4v) is 1.65. The molecule has 2 N–H and O–H groups in total. The monoisotopic (exact) mass is 148 g/mol. The second kappa shape index (κ2) is 5.09. The molecule has 0 saturated carbocycles. The fraction of sp³-hybridized carbons (Fsp3) is 1.00. The van der Waals surface area contributed by atoms with Gasteiger partial charge in [-0.25, -0.2) is 5.43 Å². The molecule has 0 rings (SSSR count). The van der Waals surface area contributed by atoms with Gasteiger partial charge in [-0.05, 0) is 14.0 Å². The van der Waals surface area contributed by atoms with Crippen LogP contribution in [0.1, 0.15) is 20.8 Å². The summed E-state index contributed by atoms with van der Waals surface area (Å²) < 4.78 is 0. The van der Waals surface area contributed by atoms with Crippen molar-refractivity contribution >= 4 is 11.8 Å². The zero-order valence-electron chi connectivity index (χ0n) is 6.56. The first-order valence-electron chi connectivity index (χ1n) is 3.24. The highest BCUT2D eigenvalue weighted by molar-refractivity contribution is 8.00. The van der Waals surface area contributed by atoms with Crippen LogP contribution in [0.3, 0.4) is 0 Å². The molecule has 0 aliphatic carbocycles. The Morgan fingerprint density at radius 3 is 2.11 bits per heavy atom. The number of rotatable bonds is 4. The van der Waals surface area contributed by atoms with Crippen molar-refractivity contribution in [2.45, 2.75) is 31.4 Å². The molecule has 0 radical (unpaired) electrons. The minimum absolute atomic E-state index is 0.495. The lowest BCUT2D eigenvalue weighted by Gasteiger charge is -2.13. The van der Waals surface area contributed by atoms with Crippen molar-refractivity contribution in [3.05, 3.63) is 0 Å². The van der Waals surface area contributed by atoms with Crippen LogP contribution in [-0.4, -0.2) is 17.7 Å². The molecule has 0 fully saturated rings. The van der Waals surface area contributed by atoms with Crippen LogP contribution in [0, 0.1) is 0 Å². The Bertz CT molecular complexity index is 66.1. The van der Waals surface area contributed by atoms with Gasteiger partial charge in [-0.1, -0.05) is 13.8 Å². The summed E-state index contributed by atoms with van der Waals surface area (Å²) >= 11 is 1.91. The molecular weight excluding hydrogens is 132 g/mol. The van der Waals surface area contributed by atoms with E-state index in [-0.39, 0.29) is 0 Å². The minimum atomic E-state index is 0.495. The van der Waals surface area contributed by atoms with Crippen LogP contribution in [0.2, 0.25) is 0 Å². The van der Waals surface area contributed by atoms with Gasteiger partial charge in [-0.3, -0.25) is 5.43 Å². The Morgan fingerprint density at radius 2 is 1.78 bits per heavy atom. The van der Waals surface area contributed by atoms with Crippen LogP contribution < -0.4 is 10.9 Å². The van der Waals surface area contributed by atoms with E-state index in [1.165, 1.54) is 0 Å². The van der Waals surface area contributed by atoms with E-state index in [2.05, 4.69) is 31.6 Å². The molecule has 0 aromatic rings. The van der Waals surface area contributed by atoms with Gasteiger partial charge in [-0.2, -0.15) is 0 Å². The second-order valence-corrected chi connectivity index (χ2v) is 4.14. The highest BCUT2D eigenvalue weighted by Crippen LogP contribution is 2.12. The molecule has 0 heterocycles. The summed E-state index contributed by atoms with van der Waals surface area (Å²) in [5, 5.41) is 1.19. The molecule has 9 heavy (non-hydrogen) atoms. The van der Waals surface area contributed by atoms with Gasteiger partial charge in [0.05, 0.1) is 5.37 Å². The van der Waals surface area contributed by atoms with Gasteiger partial charge in [0.2, 0.25) is 0 Å². The summed E-state index contributed by atoms with van der Waals surface area (Å²) in [6.45, 7) is 6.53. The molecule has 0 aliphatic rings. The van der Waals surface area contributed by atoms with E-state index in [1.54, 1.807) is 0 Å². The summed E-state index contributed by atoms with van der Waals surface area (Å²) in [5.74, 6) is 0. The number of hydrogen-bond donors (Lipinski definition) is 2. The van der Waals surface area contributed by atoms with E-state index < -0.39 is 0 Å². The average Bonchev–Trinajstić information content (AvgIpc) is 1.63. The normalized spacial score (nSPS) is 14.3. The van der Waals surface area contributed by atoms with E-state index in [0.717, 1.165) is 0 Å². The van der Waals surface area contributed by atoms with E-state index in [0.29, 0.717) is 10.6 Å². The van der Waals surface area contributed by atoms with Crippen LogP contribution >= 0.6 is 11.8 Å². The van der Waals surface area contributed by atoms with Gasteiger partial charge in [0.1, 0.15) is 0 Å². The molecule has 0 aromatic carbocycles. The molecule has 2 nitrogen and oxygen atoms in total. The highest BCUT2D eigenvalue weighted by atomic mass is 32.2. The fourth-order valence-electron chi connectivity index (χ4n) is 0.646. The van der Waals surface area contributed by atoms with Crippen molar-refractivity contribution in [2.75, 3.05) is 7.05 Å². The predicted octanol–water partition coefficient (Wildman–Crippen LogP) is 1.20.